The number of fused-ring (bicyclic) bond motifs is 2. The normalized spacial score (nSPS) is 13.5. The number of nitrogens with one attached hydrogen (secondary N) is 3. The van der Waals surface area contributed by atoms with Crippen LogP contribution in [0.2, 0.25) is 0 Å². The third-order valence-corrected chi connectivity index (χ3v) is 5.47. The molecule has 3 aromatic carbocycles. The van der Waals surface area contributed by atoms with E-state index in [0.29, 0.717) is 36.9 Å². The summed E-state index contributed by atoms with van der Waals surface area (Å²) in [5.74, 6) is 1.36. The summed E-state index contributed by atoms with van der Waals surface area (Å²) in [5, 5.41) is 7.07. The highest BCUT2D eigenvalue weighted by molar-refractivity contribution is 5.90. The van der Waals surface area contributed by atoms with Gasteiger partial charge in [-0.25, -0.2) is 4.79 Å². The van der Waals surface area contributed by atoms with Gasteiger partial charge in [-0.3, -0.25) is 0 Å². The van der Waals surface area contributed by atoms with Crippen molar-refractivity contribution in [1.82, 2.24) is 10.3 Å². The Kier molecular flexibility index (Phi) is 5.19. The van der Waals surface area contributed by atoms with E-state index < -0.39 is 0 Å². The number of carbonyl (C=O) groups is 1. The highest BCUT2D eigenvalue weighted by Crippen LogP contribution is 2.33. The van der Waals surface area contributed by atoms with Gasteiger partial charge < -0.3 is 25.1 Å². The summed E-state index contributed by atoms with van der Waals surface area (Å²) in [6.07, 6.45) is 2.03. The Bertz CT molecular complexity index is 1200. The number of amides is 2. The van der Waals surface area contributed by atoms with Crippen molar-refractivity contribution in [3.05, 3.63) is 90.1 Å². The van der Waals surface area contributed by atoms with E-state index in [1.807, 2.05) is 42.6 Å². The molecule has 2 heterocycles. The SMILES string of the molecule is O=C(NCC(c1ccccc1)c1c[nH]c2ccccc12)Nc1ccc2c(c1)OCCO2. The summed E-state index contributed by atoms with van der Waals surface area (Å²) in [5.41, 5.74) is 4.04. The molecule has 1 atom stereocenters. The zero-order chi connectivity index (χ0) is 21.0. The Morgan fingerprint density at radius 1 is 0.935 bits per heavy atom. The van der Waals surface area contributed by atoms with Crippen LogP contribution in [0.25, 0.3) is 10.9 Å². The van der Waals surface area contributed by atoms with E-state index in [4.69, 9.17) is 9.47 Å². The maximum Gasteiger partial charge on any atom is 0.319 e. The second kappa shape index (κ2) is 8.44. The van der Waals surface area contributed by atoms with Crippen LogP contribution in [0.4, 0.5) is 10.5 Å². The number of hydrogen-bond donors (Lipinski definition) is 3. The van der Waals surface area contributed by atoms with Crippen LogP contribution < -0.4 is 20.1 Å². The van der Waals surface area contributed by atoms with Gasteiger partial charge >= 0.3 is 6.03 Å². The minimum atomic E-state index is -0.266. The second-order valence-electron chi connectivity index (χ2n) is 7.45. The molecule has 6 heteroatoms. The molecule has 5 rings (SSSR count). The summed E-state index contributed by atoms with van der Waals surface area (Å²) in [6, 6.07) is 23.6. The Balaban J connectivity index is 1.33. The summed E-state index contributed by atoms with van der Waals surface area (Å²) >= 11 is 0. The first-order valence-corrected chi connectivity index (χ1v) is 10.3. The van der Waals surface area contributed by atoms with Crippen LogP contribution in [0.3, 0.4) is 0 Å². The lowest BCUT2D eigenvalue weighted by Crippen LogP contribution is -2.32. The Morgan fingerprint density at radius 2 is 1.71 bits per heavy atom. The van der Waals surface area contributed by atoms with Crippen LogP contribution in [-0.2, 0) is 0 Å². The molecule has 6 nitrogen and oxygen atoms in total. The highest BCUT2D eigenvalue weighted by atomic mass is 16.6. The second-order valence-corrected chi connectivity index (χ2v) is 7.45. The number of benzene rings is 3. The molecule has 4 aromatic rings. The van der Waals surface area contributed by atoms with Crippen molar-refractivity contribution in [2.75, 3.05) is 25.1 Å². The number of carbonyl (C=O) groups excluding carboxylic acids is 1. The van der Waals surface area contributed by atoms with E-state index in [1.165, 1.54) is 0 Å². The summed E-state index contributed by atoms with van der Waals surface area (Å²) in [7, 11) is 0. The Labute approximate surface area is 180 Å². The van der Waals surface area contributed by atoms with E-state index in [-0.39, 0.29) is 11.9 Å². The molecular weight excluding hydrogens is 390 g/mol. The molecule has 1 aliphatic heterocycles. The van der Waals surface area contributed by atoms with Crippen LogP contribution in [-0.4, -0.2) is 30.8 Å². The maximum atomic E-state index is 12.6. The van der Waals surface area contributed by atoms with Gasteiger partial charge in [0.05, 0.1) is 0 Å². The van der Waals surface area contributed by atoms with Gasteiger partial charge in [0.2, 0.25) is 0 Å². The molecule has 1 unspecified atom stereocenters. The fourth-order valence-electron chi connectivity index (χ4n) is 3.97. The third-order valence-electron chi connectivity index (χ3n) is 5.47. The molecule has 0 aliphatic carbocycles. The molecule has 0 saturated carbocycles. The van der Waals surface area contributed by atoms with Gasteiger partial charge in [-0.15, -0.1) is 0 Å². The van der Waals surface area contributed by atoms with Crippen LogP contribution in [0, 0.1) is 0 Å². The Hall–Kier alpha value is -3.93. The van der Waals surface area contributed by atoms with Crippen LogP contribution in [0.5, 0.6) is 11.5 Å². The molecule has 0 bridgehead atoms. The van der Waals surface area contributed by atoms with Crippen molar-refractivity contribution in [2.24, 2.45) is 0 Å². The molecule has 2 amide bonds. The molecule has 0 fully saturated rings. The number of hydrogen-bond acceptors (Lipinski definition) is 3. The van der Waals surface area contributed by atoms with Gasteiger partial charge in [0, 0.05) is 41.3 Å². The van der Waals surface area contributed by atoms with Crippen molar-refractivity contribution in [3.63, 3.8) is 0 Å². The number of aromatic nitrogens is 1. The van der Waals surface area contributed by atoms with Crippen molar-refractivity contribution < 1.29 is 14.3 Å². The van der Waals surface area contributed by atoms with E-state index in [9.17, 15) is 4.79 Å². The summed E-state index contributed by atoms with van der Waals surface area (Å²) in [4.78, 5) is 16.0. The van der Waals surface area contributed by atoms with Crippen LogP contribution in [0.15, 0.2) is 79.0 Å². The van der Waals surface area contributed by atoms with Crippen LogP contribution >= 0.6 is 0 Å². The average molecular weight is 413 g/mol. The molecule has 156 valence electrons. The number of aromatic amines is 1. The lowest BCUT2D eigenvalue weighted by Gasteiger charge is -2.20. The largest absolute Gasteiger partial charge is 0.486 e. The van der Waals surface area contributed by atoms with Gasteiger partial charge in [0.25, 0.3) is 0 Å². The first-order chi connectivity index (χ1) is 15.3. The van der Waals surface area contributed by atoms with Crippen molar-refractivity contribution in [1.29, 1.82) is 0 Å². The monoisotopic (exact) mass is 413 g/mol. The van der Waals surface area contributed by atoms with Crippen LogP contribution in [0.1, 0.15) is 17.0 Å². The van der Waals surface area contributed by atoms with E-state index in [0.717, 1.165) is 22.0 Å². The number of para-hydroxylation sites is 1. The number of urea groups is 1. The van der Waals surface area contributed by atoms with Gasteiger partial charge in [-0.2, -0.15) is 0 Å². The molecule has 0 saturated heterocycles. The first-order valence-electron chi connectivity index (χ1n) is 10.3. The zero-order valence-corrected chi connectivity index (χ0v) is 16.9. The predicted molar refractivity (Wildman–Crippen MR) is 121 cm³/mol. The standard InChI is InChI=1S/C25H23N3O3/c29-25(28-18-10-11-23-24(14-18)31-13-12-30-23)27-15-20(17-6-2-1-3-7-17)21-16-26-22-9-5-4-8-19(21)22/h1-11,14,16,20,26H,12-13,15H2,(H2,27,28,29). The third kappa shape index (κ3) is 4.05. The van der Waals surface area contributed by atoms with Crippen molar-refractivity contribution in [2.45, 2.75) is 5.92 Å². The van der Waals surface area contributed by atoms with Crippen molar-refractivity contribution >= 4 is 22.6 Å². The van der Waals surface area contributed by atoms with Gasteiger partial charge in [0.1, 0.15) is 13.2 Å². The molecule has 1 aromatic heterocycles. The molecular formula is C25H23N3O3. The van der Waals surface area contributed by atoms with Gasteiger partial charge in [-0.05, 0) is 29.3 Å². The fraction of sp³-hybridized carbons (Fsp3) is 0.160. The van der Waals surface area contributed by atoms with Gasteiger partial charge in [-0.1, -0.05) is 48.5 Å². The quantitative estimate of drug-likeness (QED) is 0.436. The number of H-pyrrole nitrogens is 1. The zero-order valence-electron chi connectivity index (χ0n) is 16.9. The molecule has 31 heavy (non-hydrogen) atoms. The highest BCUT2D eigenvalue weighted by Gasteiger charge is 2.19. The minimum absolute atomic E-state index is 0.0170. The summed E-state index contributed by atoms with van der Waals surface area (Å²) < 4.78 is 11.1. The minimum Gasteiger partial charge on any atom is -0.486 e. The van der Waals surface area contributed by atoms with Gasteiger partial charge in [0.15, 0.2) is 11.5 Å². The molecule has 0 spiro atoms. The lowest BCUT2D eigenvalue weighted by atomic mass is 9.91. The smallest absolute Gasteiger partial charge is 0.319 e. The number of rotatable bonds is 5. The molecule has 3 N–H and O–H groups in total. The average Bonchev–Trinajstić information content (AvgIpc) is 3.24. The molecule has 0 radical (unpaired) electrons. The maximum absolute atomic E-state index is 12.6. The number of ether oxygens (including phenoxy) is 2. The Morgan fingerprint density at radius 3 is 2.58 bits per heavy atom. The first kappa shape index (κ1) is 19.1. The fourth-order valence-corrected chi connectivity index (χ4v) is 3.97. The number of anilines is 1. The topological polar surface area (TPSA) is 75.4 Å². The summed E-state index contributed by atoms with van der Waals surface area (Å²) in [6.45, 7) is 1.50. The van der Waals surface area contributed by atoms with Crippen molar-refractivity contribution in [3.8, 4) is 11.5 Å². The predicted octanol–water partition coefficient (Wildman–Crippen LogP) is 4.89. The van der Waals surface area contributed by atoms with E-state index in [1.54, 1.807) is 12.1 Å². The van der Waals surface area contributed by atoms with E-state index in [2.05, 4.69) is 39.9 Å². The lowest BCUT2D eigenvalue weighted by molar-refractivity contribution is 0.171. The molecule has 1 aliphatic rings. The van der Waals surface area contributed by atoms with E-state index >= 15 is 0 Å².